The molecule has 1 N–H and O–H groups in total. The minimum Gasteiger partial charge on any atom is -0.341 e. The second-order valence-electron chi connectivity index (χ2n) is 5.16. The highest BCUT2D eigenvalue weighted by Crippen LogP contribution is 2.24. The number of piperazine rings is 1. The summed E-state index contributed by atoms with van der Waals surface area (Å²) < 4.78 is 27.7. The van der Waals surface area contributed by atoms with Crippen LogP contribution in [0.2, 0.25) is 0 Å². The Morgan fingerprint density at radius 2 is 2.00 bits per heavy atom. The first-order valence-corrected chi connectivity index (χ1v) is 6.74. The van der Waals surface area contributed by atoms with Crippen LogP contribution in [0.1, 0.15) is 19.4 Å². The molecular formula is C13H13BrF2N2O2. The van der Waals surface area contributed by atoms with Gasteiger partial charge in [-0.1, -0.05) is 0 Å². The van der Waals surface area contributed by atoms with Crippen molar-refractivity contribution >= 4 is 27.7 Å². The highest BCUT2D eigenvalue weighted by atomic mass is 79.9. The van der Waals surface area contributed by atoms with Gasteiger partial charge in [0.25, 0.3) is 0 Å². The quantitative estimate of drug-likeness (QED) is 0.832. The molecule has 1 aliphatic heterocycles. The molecule has 0 unspecified atom stereocenters. The van der Waals surface area contributed by atoms with Crippen molar-refractivity contribution in [2.75, 3.05) is 6.54 Å². The molecule has 108 valence electrons. The van der Waals surface area contributed by atoms with Crippen LogP contribution in [0.25, 0.3) is 0 Å². The molecule has 0 aliphatic carbocycles. The first-order valence-electron chi connectivity index (χ1n) is 5.95. The Hall–Kier alpha value is -1.50. The molecule has 0 saturated carbocycles. The molecule has 2 rings (SSSR count). The standard InChI is InChI=1S/C13H13BrF2N2O2/c1-13(2)12(20)18(6-10(19)17-13)5-7-9(15)4-3-8(14)11(7)16/h3-4H,5-6H2,1-2H3,(H,17,19). The highest BCUT2D eigenvalue weighted by Gasteiger charge is 2.39. The van der Waals surface area contributed by atoms with Crippen LogP contribution in [0.3, 0.4) is 0 Å². The lowest BCUT2D eigenvalue weighted by atomic mass is 10.00. The summed E-state index contributed by atoms with van der Waals surface area (Å²) in [5.41, 5.74) is -1.31. The number of halogens is 3. The fraction of sp³-hybridized carbons (Fsp3) is 0.385. The van der Waals surface area contributed by atoms with Gasteiger partial charge in [0, 0.05) is 5.56 Å². The van der Waals surface area contributed by atoms with Crippen LogP contribution in [0.15, 0.2) is 16.6 Å². The van der Waals surface area contributed by atoms with Gasteiger partial charge in [0.1, 0.15) is 17.2 Å². The molecule has 2 amide bonds. The molecule has 1 heterocycles. The summed E-state index contributed by atoms with van der Waals surface area (Å²) in [4.78, 5) is 24.9. The number of carbonyl (C=O) groups is 2. The van der Waals surface area contributed by atoms with Crippen molar-refractivity contribution in [1.82, 2.24) is 10.2 Å². The van der Waals surface area contributed by atoms with E-state index in [0.29, 0.717) is 0 Å². The van der Waals surface area contributed by atoms with Gasteiger partial charge in [-0.05, 0) is 41.9 Å². The van der Waals surface area contributed by atoms with Crippen LogP contribution in [0, 0.1) is 11.6 Å². The minimum atomic E-state index is -1.08. The Bertz CT molecular complexity index is 590. The van der Waals surface area contributed by atoms with Crippen molar-refractivity contribution < 1.29 is 18.4 Å². The van der Waals surface area contributed by atoms with E-state index in [0.717, 1.165) is 11.0 Å². The number of carbonyl (C=O) groups excluding carboxylic acids is 2. The molecular weight excluding hydrogens is 334 g/mol. The molecule has 1 fully saturated rings. The summed E-state index contributed by atoms with van der Waals surface area (Å²) in [5.74, 6) is -2.25. The van der Waals surface area contributed by atoms with Crippen molar-refractivity contribution in [2.45, 2.75) is 25.9 Å². The third-order valence-electron chi connectivity index (χ3n) is 3.10. The van der Waals surface area contributed by atoms with Gasteiger partial charge in [0.15, 0.2) is 0 Å². The smallest absolute Gasteiger partial charge is 0.248 e. The van der Waals surface area contributed by atoms with E-state index in [4.69, 9.17) is 0 Å². The average molecular weight is 347 g/mol. The zero-order chi connectivity index (χ0) is 15.1. The van der Waals surface area contributed by atoms with Gasteiger partial charge in [0.2, 0.25) is 11.8 Å². The number of nitrogens with one attached hydrogen (secondary N) is 1. The van der Waals surface area contributed by atoms with Gasteiger partial charge in [0.05, 0.1) is 17.6 Å². The molecule has 0 spiro atoms. The van der Waals surface area contributed by atoms with E-state index in [9.17, 15) is 18.4 Å². The van der Waals surface area contributed by atoms with Crippen LogP contribution in [0.4, 0.5) is 8.78 Å². The summed E-state index contributed by atoms with van der Waals surface area (Å²) >= 11 is 2.97. The van der Waals surface area contributed by atoms with Gasteiger partial charge in [-0.3, -0.25) is 9.59 Å². The van der Waals surface area contributed by atoms with Crippen LogP contribution in [0.5, 0.6) is 0 Å². The first-order chi connectivity index (χ1) is 9.22. The largest absolute Gasteiger partial charge is 0.341 e. The summed E-state index contributed by atoms with van der Waals surface area (Å²) in [6, 6.07) is 2.37. The third-order valence-corrected chi connectivity index (χ3v) is 3.71. The van der Waals surface area contributed by atoms with Crippen molar-refractivity contribution in [3.05, 3.63) is 33.8 Å². The Morgan fingerprint density at radius 1 is 1.35 bits per heavy atom. The van der Waals surface area contributed by atoms with E-state index in [2.05, 4.69) is 21.2 Å². The van der Waals surface area contributed by atoms with E-state index in [1.54, 1.807) is 13.8 Å². The maximum atomic E-state index is 13.9. The van der Waals surface area contributed by atoms with Gasteiger partial charge in [-0.25, -0.2) is 8.78 Å². The predicted molar refractivity (Wildman–Crippen MR) is 71.7 cm³/mol. The zero-order valence-corrected chi connectivity index (χ0v) is 12.6. The van der Waals surface area contributed by atoms with Crippen molar-refractivity contribution in [3.8, 4) is 0 Å². The molecule has 1 aromatic carbocycles. The van der Waals surface area contributed by atoms with Crippen LogP contribution >= 0.6 is 15.9 Å². The molecule has 1 aromatic rings. The Morgan fingerprint density at radius 3 is 2.65 bits per heavy atom. The number of amides is 2. The monoisotopic (exact) mass is 346 g/mol. The number of benzene rings is 1. The van der Waals surface area contributed by atoms with Gasteiger partial charge in [-0.2, -0.15) is 0 Å². The Labute approximate surface area is 123 Å². The molecule has 7 heteroatoms. The SMILES string of the molecule is CC1(C)NC(=O)CN(Cc2c(F)ccc(Br)c2F)C1=O. The maximum Gasteiger partial charge on any atom is 0.248 e. The number of rotatable bonds is 2. The first kappa shape index (κ1) is 14.9. The lowest BCUT2D eigenvalue weighted by Crippen LogP contribution is -2.63. The predicted octanol–water partition coefficient (Wildman–Crippen LogP) is 1.96. The lowest BCUT2D eigenvalue weighted by Gasteiger charge is -2.37. The summed E-state index contributed by atoms with van der Waals surface area (Å²) in [7, 11) is 0. The molecule has 0 bridgehead atoms. The molecule has 1 aliphatic rings. The third kappa shape index (κ3) is 2.67. The number of hydrogen-bond acceptors (Lipinski definition) is 2. The lowest BCUT2D eigenvalue weighted by molar-refractivity contribution is -0.149. The molecule has 0 radical (unpaired) electrons. The summed E-state index contributed by atoms with van der Waals surface area (Å²) in [6.07, 6.45) is 0. The van der Waals surface area contributed by atoms with Crippen LogP contribution < -0.4 is 5.32 Å². The molecule has 4 nitrogen and oxygen atoms in total. The Balaban J connectivity index is 2.32. The van der Waals surface area contributed by atoms with Gasteiger partial charge < -0.3 is 10.2 Å². The highest BCUT2D eigenvalue weighted by molar-refractivity contribution is 9.10. The fourth-order valence-electron chi connectivity index (χ4n) is 2.11. The minimum absolute atomic E-state index is 0.113. The number of hydrogen-bond donors (Lipinski definition) is 1. The van der Waals surface area contributed by atoms with Crippen molar-refractivity contribution in [2.24, 2.45) is 0 Å². The second kappa shape index (κ2) is 5.12. The van der Waals surface area contributed by atoms with E-state index < -0.39 is 17.2 Å². The summed E-state index contributed by atoms with van der Waals surface area (Å²) in [6.45, 7) is 2.60. The molecule has 0 aromatic heterocycles. The maximum absolute atomic E-state index is 13.9. The Kier molecular flexibility index (Phi) is 3.82. The van der Waals surface area contributed by atoms with Crippen molar-refractivity contribution in [1.29, 1.82) is 0 Å². The summed E-state index contributed by atoms with van der Waals surface area (Å²) in [5, 5.41) is 2.53. The van der Waals surface area contributed by atoms with E-state index in [-0.39, 0.29) is 34.9 Å². The molecule has 1 saturated heterocycles. The second-order valence-corrected chi connectivity index (χ2v) is 6.01. The van der Waals surface area contributed by atoms with Gasteiger partial charge in [-0.15, -0.1) is 0 Å². The van der Waals surface area contributed by atoms with E-state index >= 15 is 0 Å². The van der Waals surface area contributed by atoms with Crippen molar-refractivity contribution in [3.63, 3.8) is 0 Å². The number of nitrogens with zero attached hydrogens (tertiary/aromatic N) is 1. The van der Waals surface area contributed by atoms with Crippen LogP contribution in [-0.2, 0) is 16.1 Å². The average Bonchev–Trinajstić information content (AvgIpc) is 2.35. The molecule has 0 atom stereocenters. The van der Waals surface area contributed by atoms with Crippen LogP contribution in [-0.4, -0.2) is 28.8 Å². The topological polar surface area (TPSA) is 49.4 Å². The van der Waals surface area contributed by atoms with E-state index in [1.807, 2.05) is 0 Å². The zero-order valence-electron chi connectivity index (χ0n) is 11.0. The van der Waals surface area contributed by atoms with E-state index in [1.165, 1.54) is 6.07 Å². The fourth-order valence-corrected chi connectivity index (χ4v) is 2.49. The normalized spacial score (nSPS) is 18.1. The van der Waals surface area contributed by atoms with Gasteiger partial charge >= 0.3 is 0 Å². The molecule has 20 heavy (non-hydrogen) atoms.